The fourth-order valence-corrected chi connectivity index (χ4v) is 4.58. The highest BCUT2D eigenvalue weighted by Crippen LogP contribution is 2.39. The first-order valence-electron chi connectivity index (χ1n) is 8.94. The molecule has 0 aromatic heterocycles. The molecular formula is C21H21NO3S. The van der Waals surface area contributed by atoms with Crippen molar-refractivity contribution in [2.24, 2.45) is 0 Å². The number of rotatable bonds is 3. The number of Topliss-reactive ketones (excluding diaryl/α,β-unsaturated/α-hetero) is 1. The van der Waals surface area contributed by atoms with Crippen LogP contribution in [0.15, 0.2) is 53.4 Å². The molecule has 1 spiro atoms. The SMILES string of the molecule is CCSc1ccccc1C(=O)N1CCC2(CC(=O)c3ccccc3O2)C1. The number of benzene rings is 2. The lowest BCUT2D eigenvalue weighted by atomic mass is 9.89. The summed E-state index contributed by atoms with van der Waals surface area (Å²) in [6.45, 7) is 3.14. The van der Waals surface area contributed by atoms with Crippen LogP contribution in [0.2, 0.25) is 0 Å². The van der Waals surface area contributed by atoms with Crippen LogP contribution in [0, 0.1) is 0 Å². The van der Waals surface area contributed by atoms with E-state index in [4.69, 9.17) is 4.74 Å². The zero-order valence-corrected chi connectivity index (χ0v) is 15.6. The summed E-state index contributed by atoms with van der Waals surface area (Å²) in [6, 6.07) is 15.1. The minimum absolute atomic E-state index is 0.0216. The Hall–Kier alpha value is -2.27. The number of carbonyl (C=O) groups excluding carboxylic acids is 2. The van der Waals surface area contributed by atoms with Gasteiger partial charge in [-0.05, 0) is 30.0 Å². The molecule has 0 bridgehead atoms. The Kier molecular flexibility index (Phi) is 4.49. The average molecular weight is 367 g/mol. The number of nitrogens with zero attached hydrogens (tertiary/aromatic N) is 1. The summed E-state index contributed by atoms with van der Waals surface area (Å²) < 4.78 is 6.22. The number of thioether (sulfide) groups is 1. The summed E-state index contributed by atoms with van der Waals surface area (Å²) in [4.78, 5) is 28.4. The van der Waals surface area contributed by atoms with E-state index in [-0.39, 0.29) is 11.7 Å². The first kappa shape index (κ1) is 17.2. The molecule has 1 atom stereocenters. The molecule has 2 aliphatic rings. The lowest BCUT2D eigenvalue weighted by Gasteiger charge is -2.34. The summed E-state index contributed by atoms with van der Waals surface area (Å²) in [5.74, 6) is 1.68. The minimum Gasteiger partial charge on any atom is -0.484 e. The second-order valence-electron chi connectivity index (χ2n) is 6.79. The third-order valence-electron chi connectivity index (χ3n) is 5.02. The molecular weight excluding hydrogens is 346 g/mol. The number of fused-ring (bicyclic) bond motifs is 1. The Morgan fingerprint density at radius 3 is 2.81 bits per heavy atom. The van der Waals surface area contributed by atoms with E-state index in [1.807, 2.05) is 47.4 Å². The van der Waals surface area contributed by atoms with E-state index >= 15 is 0 Å². The maximum Gasteiger partial charge on any atom is 0.255 e. The molecule has 0 aliphatic carbocycles. The van der Waals surface area contributed by atoms with E-state index < -0.39 is 5.60 Å². The Morgan fingerprint density at radius 1 is 1.19 bits per heavy atom. The predicted molar refractivity (Wildman–Crippen MR) is 102 cm³/mol. The number of ketones is 1. The van der Waals surface area contributed by atoms with Gasteiger partial charge in [0, 0.05) is 17.9 Å². The molecule has 1 unspecified atom stereocenters. The number of ether oxygens (including phenoxy) is 1. The maximum atomic E-state index is 13.1. The van der Waals surface area contributed by atoms with Crippen LogP contribution >= 0.6 is 11.8 Å². The van der Waals surface area contributed by atoms with Gasteiger partial charge in [-0.3, -0.25) is 9.59 Å². The van der Waals surface area contributed by atoms with Gasteiger partial charge in [-0.2, -0.15) is 0 Å². The highest BCUT2D eigenvalue weighted by Gasteiger charge is 2.47. The van der Waals surface area contributed by atoms with Crippen LogP contribution in [0.5, 0.6) is 5.75 Å². The van der Waals surface area contributed by atoms with E-state index in [9.17, 15) is 9.59 Å². The monoisotopic (exact) mass is 367 g/mol. The van der Waals surface area contributed by atoms with Gasteiger partial charge in [0.15, 0.2) is 5.78 Å². The molecule has 2 aromatic rings. The molecule has 2 heterocycles. The van der Waals surface area contributed by atoms with E-state index in [0.717, 1.165) is 16.2 Å². The Labute approximate surface area is 157 Å². The van der Waals surface area contributed by atoms with Crippen LogP contribution in [0.3, 0.4) is 0 Å². The standard InChI is InChI=1S/C21H21NO3S/c1-2-26-19-10-6-4-8-16(19)20(24)22-12-11-21(14-22)13-17(23)15-7-3-5-9-18(15)25-21/h3-10H,2,11-14H2,1H3. The topological polar surface area (TPSA) is 46.6 Å². The lowest BCUT2D eigenvalue weighted by Crippen LogP contribution is -2.45. The Balaban J connectivity index is 1.56. The molecule has 1 fully saturated rings. The molecule has 4 rings (SSSR count). The molecule has 5 heteroatoms. The fraction of sp³-hybridized carbons (Fsp3) is 0.333. The van der Waals surface area contributed by atoms with E-state index in [2.05, 4.69) is 6.92 Å². The van der Waals surface area contributed by atoms with Crippen molar-refractivity contribution in [1.29, 1.82) is 0 Å². The van der Waals surface area contributed by atoms with Crippen molar-refractivity contribution in [3.8, 4) is 5.75 Å². The zero-order valence-electron chi connectivity index (χ0n) is 14.7. The summed E-state index contributed by atoms with van der Waals surface area (Å²) in [5, 5.41) is 0. The van der Waals surface area contributed by atoms with Gasteiger partial charge in [0.2, 0.25) is 0 Å². The molecule has 1 saturated heterocycles. The van der Waals surface area contributed by atoms with Crippen molar-refractivity contribution < 1.29 is 14.3 Å². The second kappa shape index (κ2) is 6.80. The van der Waals surface area contributed by atoms with Crippen molar-refractivity contribution in [2.45, 2.75) is 30.3 Å². The van der Waals surface area contributed by atoms with Gasteiger partial charge in [0.05, 0.1) is 24.1 Å². The van der Waals surface area contributed by atoms with Crippen LogP contribution in [-0.4, -0.2) is 41.0 Å². The summed E-state index contributed by atoms with van der Waals surface area (Å²) in [6.07, 6.45) is 1.01. The van der Waals surface area contributed by atoms with E-state index in [0.29, 0.717) is 37.2 Å². The largest absolute Gasteiger partial charge is 0.484 e. The first-order chi connectivity index (χ1) is 12.6. The van der Waals surface area contributed by atoms with Crippen LogP contribution < -0.4 is 4.74 Å². The summed E-state index contributed by atoms with van der Waals surface area (Å²) >= 11 is 1.67. The molecule has 26 heavy (non-hydrogen) atoms. The quantitative estimate of drug-likeness (QED) is 0.768. The Morgan fingerprint density at radius 2 is 1.96 bits per heavy atom. The molecule has 134 valence electrons. The molecule has 1 amide bonds. The molecule has 0 radical (unpaired) electrons. The number of carbonyl (C=O) groups is 2. The van der Waals surface area contributed by atoms with E-state index in [1.165, 1.54) is 0 Å². The number of hydrogen-bond acceptors (Lipinski definition) is 4. The molecule has 0 N–H and O–H groups in total. The summed E-state index contributed by atoms with van der Waals surface area (Å²) in [7, 11) is 0. The fourth-order valence-electron chi connectivity index (χ4n) is 3.78. The minimum atomic E-state index is -0.589. The van der Waals surface area contributed by atoms with Gasteiger partial charge in [0.1, 0.15) is 11.4 Å². The van der Waals surface area contributed by atoms with E-state index in [1.54, 1.807) is 17.8 Å². The van der Waals surface area contributed by atoms with Crippen LogP contribution in [0.25, 0.3) is 0 Å². The molecule has 4 nitrogen and oxygen atoms in total. The van der Waals surface area contributed by atoms with Crippen LogP contribution in [0.1, 0.15) is 40.5 Å². The number of para-hydroxylation sites is 1. The molecule has 2 aliphatic heterocycles. The van der Waals surface area contributed by atoms with Crippen LogP contribution in [0.4, 0.5) is 0 Å². The van der Waals surface area contributed by atoms with Crippen molar-refractivity contribution in [2.75, 3.05) is 18.8 Å². The van der Waals surface area contributed by atoms with Gasteiger partial charge in [0.25, 0.3) is 5.91 Å². The number of hydrogen-bond donors (Lipinski definition) is 0. The highest BCUT2D eigenvalue weighted by molar-refractivity contribution is 7.99. The van der Waals surface area contributed by atoms with Crippen molar-refractivity contribution in [3.63, 3.8) is 0 Å². The smallest absolute Gasteiger partial charge is 0.255 e. The van der Waals surface area contributed by atoms with Crippen molar-refractivity contribution >= 4 is 23.5 Å². The lowest BCUT2D eigenvalue weighted by molar-refractivity contribution is 0.0427. The predicted octanol–water partition coefficient (Wildman–Crippen LogP) is 4.05. The maximum absolute atomic E-state index is 13.1. The second-order valence-corrected chi connectivity index (χ2v) is 8.09. The summed E-state index contributed by atoms with van der Waals surface area (Å²) in [5.41, 5.74) is 0.792. The van der Waals surface area contributed by atoms with Crippen LogP contribution in [-0.2, 0) is 0 Å². The highest BCUT2D eigenvalue weighted by atomic mass is 32.2. The number of likely N-dealkylation sites (tertiary alicyclic amines) is 1. The van der Waals surface area contributed by atoms with Gasteiger partial charge in [-0.1, -0.05) is 31.2 Å². The van der Waals surface area contributed by atoms with Gasteiger partial charge >= 0.3 is 0 Å². The Bertz CT molecular complexity index is 866. The zero-order chi connectivity index (χ0) is 18.1. The third-order valence-corrected chi connectivity index (χ3v) is 5.97. The molecule has 0 saturated carbocycles. The number of amides is 1. The van der Waals surface area contributed by atoms with Crippen molar-refractivity contribution in [1.82, 2.24) is 4.90 Å². The third kappa shape index (κ3) is 3.01. The normalized spacial score (nSPS) is 21.6. The van der Waals surface area contributed by atoms with Gasteiger partial charge in [-0.15, -0.1) is 11.8 Å². The van der Waals surface area contributed by atoms with Gasteiger partial charge < -0.3 is 9.64 Å². The average Bonchev–Trinajstić information content (AvgIpc) is 3.05. The van der Waals surface area contributed by atoms with Crippen molar-refractivity contribution in [3.05, 3.63) is 59.7 Å². The first-order valence-corrected chi connectivity index (χ1v) is 9.93. The van der Waals surface area contributed by atoms with Gasteiger partial charge in [-0.25, -0.2) is 0 Å². The molecule has 2 aromatic carbocycles.